The Bertz CT molecular complexity index is 782. The van der Waals surface area contributed by atoms with Gasteiger partial charge in [0.15, 0.2) is 5.78 Å². The van der Waals surface area contributed by atoms with Gasteiger partial charge in [0.25, 0.3) is 10.1 Å². The summed E-state index contributed by atoms with van der Waals surface area (Å²) in [5.41, 5.74) is 0.698. The maximum Gasteiger partial charge on any atom is 0.297 e. The first-order chi connectivity index (χ1) is 10.3. The van der Waals surface area contributed by atoms with Crippen molar-refractivity contribution in [2.45, 2.75) is 24.8 Å². The first kappa shape index (κ1) is 16.3. The molecule has 22 heavy (non-hydrogen) atoms. The van der Waals surface area contributed by atoms with Crippen molar-refractivity contribution in [1.29, 1.82) is 0 Å². The number of rotatable bonds is 5. The summed E-state index contributed by atoms with van der Waals surface area (Å²) in [6.07, 6.45) is -1.32. The van der Waals surface area contributed by atoms with E-state index < -0.39 is 27.8 Å². The van der Waals surface area contributed by atoms with E-state index in [9.17, 15) is 17.6 Å². The summed E-state index contributed by atoms with van der Waals surface area (Å²) in [6.45, 7) is 3.10. The number of benzene rings is 2. The molecule has 0 saturated carbocycles. The largest absolute Gasteiger partial charge is 0.297 e. The summed E-state index contributed by atoms with van der Waals surface area (Å²) >= 11 is 0. The number of aryl methyl sites for hydroxylation is 1. The smallest absolute Gasteiger partial charge is 0.291 e. The molecule has 0 heterocycles. The fourth-order valence-corrected chi connectivity index (χ4v) is 2.92. The van der Waals surface area contributed by atoms with Crippen molar-refractivity contribution in [2.75, 3.05) is 0 Å². The third-order valence-electron chi connectivity index (χ3n) is 3.09. The van der Waals surface area contributed by atoms with Crippen molar-refractivity contribution < 1.29 is 21.8 Å². The van der Waals surface area contributed by atoms with Crippen LogP contribution in [0.4, 0.5) is 4.39 Å². The normalized spacial score (nSPS) is 12.9. The molecule has 0 aliphatic heterocycles. The molecule has 1 unspecified atom stereocenters. The third kappa shape index (κ3) is 3.58. The quantitative estimate of drug-likeness (QED) is 0.627. The predicted octanol–water partition coefficient (Wildman–Crippen LogP) is 3.11. The van der Waals surface area contributed by atoms with Gasteiger partial charge in [-0.05, 0) is 38.1 Å². The number of ketones is 1. The molecule has 2 aromatic rings. The van der Waals surface area contributed by atoms with Crippen LogP contribution in [0.3, 0.4) is 0 Å². The molecule has 0 saturated heterocycles. The molecule has 1 atom stereocenters. The molecular weight excluding hydrogens is 307 g/mol. The highest BCUT2D eigenvalue weighted by Gasteiger charge is 2.26. The minimum Gasteiger partial charge on any atom is -0.291 e. The molecule has 2 aromatic carbocycles. The van der Waals surface area contributed by atoms with Crippen LogP contribution in [-0.2, 0) is 14.3 Å². The number of hydrogen-bond acceptors (Lipinski definition) is 4. The lowest BCUT2D eigenvalue weighted by molar-refractivity contribution is 0.0821. The van der Waals surface area contributed by atoms with Gasteiger partial charge in [-0.25, -0.2) is 4.39 Å². The topological polar surface area (TPSA) is 60.4 Å². The van der Waals surface area contributed by atoms with Crippen LogP contribution in [0.1, 0.15) is 22.8 Å². The fourth-order valence-electron chi connectivity index (χ4n) is 1.87. The average molecular weight is 322 g/mol. The fraction of sp³-hybridized carbons (Fsp3) is 0.188. The number of halogens is 1. The molecule has 0 spiro atoms. The van der Waals surface area contributed by atoms with Crippen molar-refractivity contribution in [3.8, 4) is 0 Å². The van der Waals surface area contributed by atoms with Crippen molar-refractivity contribution in [3.05, 3.63) is 65.5 Å². The van der Waals surface area contributed by atoms with E-state index in [4.69, 9.17) is 4.18 Å². The van der Waals surface area contributed by atoms with Crippen LogP contribution >= 0.6 is 0 Å². The van der Waals surface area contributed by atoms with Crippen LogP contribution in [0.25, 0.3) is 0 Å². The Balaban J connectivity index is 2.21. The van der Waals surface area contributed by atoms with Gasteiger partial charge < -0.3 is 0 Å². The van der Waals surface area contributed by atoms with E-state index in [-0.39, 0.29) is 10.5 Å². The maximum atomic E-state index is 13.6. The van der Waals surface area contributed by atoms with E-state index in [1.54, 1.807) is 12.1 Å². The Kier molecular flexibility index (Phi) is 4.73. The second-order valence-corrected chi connectivity index (χ2v) is 6.42. The van der Waals surface area contributed by atoms with Crippen LogP contribution < -0.4 is 0 Å². The molecule has 0 aliphatic carbocycles. The van der Waals surface area contributed by atoms with Crippen LogP contribution in [0.2, 0.25) is 0 Å². The van der Waals surface area contributed by atoms with Gasteiger partial charge >= 0.3 is 0 Å². The lowest BCUT2D eigenvalue weighted by Crippen LogP contribution is -2.25. The zero-order valence-electron chi connectivity index (χ0n) is 12.1. The Labute approximate surface area is 128 Å². The number of carbonyl (C=O) groups excluding carboxylic acids is 1. The van der Waals surface area contributed by atoms with E-state index in [0.717, 1.165) is 11.6 Å². The number of Topliss-reactive ketones (excluding diaryl/α,β-unsaturated/α-hetero) is 1. The van der Waals surface area contributed by atoms with E-state index in [1.807, 2.05) is 6.92 Å². The molecular formula is C16H15FO4S. The van der Waals surface area contributed by atoms with E-state index >= 15 is 0 Å². The summed E-state index contributed by atoms with van der Waals surface area (Å²) < 4.78 is 42.7. The lowest BCUT2D eigenvalue weighted by Gasteiger charge is -2.12. The molecule has 0 bridgehead atoms. The van der Waals surface area contributed by atoms with Gasteiger partial charge in [0.2, 0.25) is 0 Å². The standard InChI is InChI=1S/C16H15FO4S/c1-11-7-9-13(10-8-11)22(19,20)21-12(2)16(18)14-5-3-4-6-15(14)17/h3-10,12H,1-2H3. The van der Waals surface area contributed by atoms with Crippen LogP contribution in [0.5, 0.6) is 0 Å². The van der Waals surface area contributed by atoms with Gasteiger partial charge in [-0.15, -0.1) is 0 Å². The zero-order chi connectivity index (χ0) is 16.3. The second-order valence-electron chi connectivity index (χ2n) is 4.85. The molecule has 0 aromatic heterocycles. The summed E-state index contributed by atoms with van der Waals surface area (Å²) in [5.74, 6) is -1.44. The van der Waals surface area contributed by atoms with Crippen molar-refractivity contribution >= 4 is 15.9 Å². The SMILES string of the molecule is Cc1ccc(S(=O)(=O)OC(C)C(=O)c2ccccc2F)cc1. The summed E-state index contributed by atoms with van der Waals surface area (Å²) in [6, 6.07) is 11.4. The zero-order valence-corrected chi connectivity index (χ0v) is 12.9. The van der Waals surface area contributed by atoms with Gasteiger partial charge in [-0.2, -0.15) is 8.42 Å². The first-order valence-corrected chi connectivity index (χ1v) is 8.01. The lowest BCUT2D eigenvalue weighted by atomic mass is 10.1. The molecule has 6 heteroatoms. The molecule has 0 aliphatic rings. The Morgan fingerprint density at radius 2 is 1.68 bits per heavy atom. The maximum absolute atomic E-state index is 13.6. The van der Waals surface area contributed by atoms with E-state index in [0.29, 0.717) is 0 Å². The monoisotopic (exact) mass is 322 g/mol. The van der Waals surface area contributed by atoms with Crippen LogP contribution in [0, 0.1) is 12.7 Å². The van der Waals surface area contributed by atoms with Crippen molar-refractivity contribution in [2.24, 2.45) is 0 Å². The highest BCUT2D eigenvalue weighted by molar-refractivity contribution is 7.86. The molecule has 4 nitrogen and oxygen atoms in total. The van der Waals surface area contributed by atoms with Crippen molar-refractivity contribution in [1.82, 2.24) is 0 Å². The Morgan fingerprint density at radius 1 is 1.09 bits per heavy atom. The molecule has 0 radical (unpaired) electrons. The van der Waals surface area contributed by atoms with Gasteiger partial charge in [-0.1, -0.05) is 29.8 Å². The van der Waals surface area contributed by atoms with Crippen LogP contribution in [0.15, 0.2) is 53.4 Å². The summed E-state index contributed by atoms with van der Waals surface area (Å²) in [5, 5.41) is 0. The minimum atomic E-state index is -4.09. The molecule has 0 fully saturated rings. The number of hydrogen-bond donors (Lipinski definition) is 0. The average Bonchev–Trinajstić information content (AvgIpc) is 2.47. The second kappa shape index (κ2) is 6.37. The van der Waals surface area contributed by atoms with Gasteiger partial charge in [0.1, 0.15) is 11.9 Å². The predicted molar refractivity (Wildman–Crippen MR) is 79.6 cm³/mol. The highest BCUT2D eigenvalue weighted by atomic mass is 32.2. The molecule has 116 valence electrons. The van der Waals surface area contributed by atoms with Gasteiger partial charge in [-0.3, -0.25) is 8.98 Å². The third-order valence-corrected chi connectivity index (χ3v) is 4.48. The Hall–Kier alpha value is -2.05. The molecule has 0 N–H and O–H groups in total. The highest BCUT2D eigenvalue weighted by Crippen LogP contribution is 2.18. The Morgan fingerprint density at radius 3 is 2.27 bits per heavy atom. The van der Waals surface area contributed by atoms with E-state index in [2.05, 4.69) is 0 Å². The first-order valence-electron chi connectivity index (χ1n) is 6.60. The van der Waals surface area contributed by atoms with Gasteiger partial charge in [0.05, 0.1) is 10.5 Å². The summed E-state index contributed by atoms with van der Waals surface area (Å²) in [4.78, 5) is 12.0. The van der Waals surface area contributed by atoms with E-state index in [1.165, 1.54) is 37.3 Å². The van der Waals surface area contributed by atoms with Crippen molar-refractivity contribution in [3.63, 3.8) is 0 Å². The van der Waals surface area contributed by atoms with Crippen LogP contribution in [-0.4, -0.2) is 20.3 Å². The summed E-state index contributed by atoms with van der Waals surface area (Å²) in [7, 11) is -4.09. The minimum absolute atomic E-state index is 0.0497. The molecule has 2 rings (SSSR count). The van der Waals surface area contributed by atoms with Gasteiger partial charge in [0, 0.05) is 0 Å². The number of carbonyl (C=O) groups is 1. The molecule has 0 amide bonds.